The number of amides is 4. The van der Waals surface area contributed by atoms with Crippen LogP contribution >= 0.6 is 23.5 Å². The van der Waals surface area contributed by atoms with E-state index in [-0.39, 0.29) is 42.3 Å². The summed E-state index contributed by atoms with van der Waals surface area (Å²) in [4.78, 5) is 97.3. The third-order valence-electron chi connectivity index (χ3n) is 10.8. The van der Waals surface area contributed by atoms with Crippen LogP contribution in [0.5, 0.6) is 0 Å². The number of ether oxygens (including phenoxy) is 2. The van der Waals surface area contributed by atoms with E-state index in [4.69, 9.17) is 9.47 Å². The lowest BCUT2D eigenvalue weighted by atomic mass is 9.88. The van der Waals surface area contributed by atoms with Crippen molar-refractivity contribution < 1.29 is 48.1 Å². The van der Waals surface area contributed by atoms with Gasteiger partial charge in [-0.05, 0) is 108 Å². The standard InChI is InChI=1S/C40H56N4O10S2/c1-40(2,3)54-33(45)23-26(35(47)42-28-19-21-56-32-15-9-13-30(39(52)53-4)44(32)37(28)49)17-16-25(22-24-10-6-5-7-11-24)34(46)41-27-18-20-55-31-14-8-12-29(38(50)51)43(31)36(27)48/h5-7,10-11,25-32H,8-9,12-23H2,1-4H3,(H,41,46)(H,42,47)(H,50,51)/t25-,26-,27?,28+,29?,30+,31+,32+/m1/s1. The largest absolute Gasteiger partial charge is 0.480 e. The minimum Gasteiger partial charge on any atom is -0.480 e. The highest BCUT2D eigenvalue weighted by atomic mass is 32.2. The van der Waals surface area contributed by atoms with Crippen molar-refractivity contribution in [3.05, 3.63) is 35.9 Å². The molecule has 308 valence electrons. The smallest absolute Gasteiger partial charge is 0.328 e. The van der Waals surface area contributed by atoms with Gasteiger partial charge in [0.2, 0.25) is 23.6 Å². The summed E-state index contributed by atoms with van der Waals surface area (Å²) in [6.07, 6.45) is 4.63. The zero-order valence-electron chi connectivity index (χ0n) is 32.7. The second-order valence-electron chi connectivity index (χ2n) is 16.0. The fourth-order valence-corrected chi connectivity index (χ4v) is 10.9. The third-order valence-corrected chi connectivity index (χ3v) is 13.5. The molecule has 0 aromatic heterocycles. The van der Waals surface area contributed by atoms with Crippen LogP contribution in [0.15, 0.2) is 30.3 Å². The molecule has 3 N–H and O–H groups in total. The quantitative estimate of drug-likeness (QED) is 0.244. The van der Waals surface area contributed by atoms with E-state index < -0.39 is 77.2 Å². The zero-order chi connectivity index (χ0) is 40.6. The van der Waals surface area contributed by atoms with Crippen LogP contribution in [-0.2, 0) is 49.5 Å². The summed E-state index contributed by atoms with van der Waals surface area (Å²) in [7, 11) is 1.29. The van der Waals surface area contributed by atoms with E-state index in [9.17, 15) is 38.7 Å². The van der Waals surface area contributed by atoms with Gasteiger partial charge in [0, 0.05) is 11.8 Å². The van der Waals surface area contributed by atoms with Crippen molar-refractivity contribution in [2.75, 3.05) is 18.6 Å². The molecule has 56 heavy (non-hydrogen) atoms. The van der Waals surface area contributed by atoms with Crippen molar-refractivity contribution in [2.45, 2.75) is 138 Å². The number of nitrogens with zero attached hydrogens (tertiary/aromatic N) is 2. The Bertz CT molecular complexity index is 1610. The fourth-order valence-electron chi connectivity index (χ4n) is 8.09. The molecule has 0 radical (unpaired) electrons. The van der Waals surface area contributed by atoms with E-state index in [1.54, 1.807) is 37.4 Å². The summed E-state index contributed by atoms with van der Waals surface area (Å²) in [6.45, 7) is 5.19. The number of esters is 2. The molecule has 4 aliphatic rings. The van der Waals surface area contributed by atoms with Gasteiger partial charge in [-0.3, -0.25) is 24.0 Å². The topological polar surface area (TPSA) is 189 Å². The second kappa shape index (κ2) is 19.6. The average molecular weight is 817 g/mol. The molecule has 4 aliphatic heterocycles. The molecule has 5 rings (SSSR count). The van der Waals surface area contributed by atoms with Crippen molar-refractivity contribution in [3.8, 4) is 0 Å². The summed E-state index contributed by atoms with van der Waals surface area (Å²) in [5.41, 5.74) is 0.0498. The molecule has 4 heterocycles. The normalized spacial score (nSPS) is 26.6. The van der Waals surface area contributed by atoms with Gasteiger partial charge in [0.15, 0.2) is 0 Å². The molecular weight excluding hydrogens is 761 g/mol. The molecule has 14 nitrogen and oxygen atoms in total. The molecule has 0 bridgehead atoms. The van der Waals surface area contributed by atoms with Gasteiger partial charge in [-0.2, -0.15) is 0 Å². The molecule has 2 unspecified atom stereocenters. The van der Waals surface area contributed by atoms with Crippen molar-refractivity contribution in [1.82, 2.24) is 20.4 Å². The molecule has 4 fully saturated rings. The Morgan fingerprint density at radius 1 is 0.786 bits per heavy atom. The molecule has 1 aromatic rings. The van der Waals surface area contributed by atoms with Crippen molar-refractivity contribution in [1.29, 1.82) is 0 Å². The first-order chi connectivity index (χ1) is 26.7. The van der Waals surface area contributed by atoms with Crippen LogP contribution in [-0.4, -0.2) is 116 Å². The number of nitrogens with one attached hydrogen (secondary N) is 2. The number of carboxylic acids is 1. The van der Waals surface area contributed by atoms with Crippen LogP contribution in [0, 0.1) is 11.8 Å². The lowest BCUT2D eigenvalue weighted by Gasteiger charge is -2.40. The monoisotopic (exact) mass is 816 g/mol. The van der Waals surface area contributed by atoms with E-state index in [0.29, 0.717) is 50.0 Å². The first-order valence-electron chi connectivity index (χ1n) is 19.7. The predicted octanol–water partition coefficient (Wildman–Crippen LogP) is 3.89. The number of carboxylic acid groups (broad SMARTS) is 1. The summed E-state index contributed by atoms with van der Waals surface area (Å²) >= 11 is 3.11. The molecular formula is C40H56N4O10S2. The Labute approximate surface area is 337 Å². The molecule has 0 spiro atoms. The lowest BCUT2D eigenvalue weighted by molar-refractivity contribution is -0.158. The molecule has 1 aromatic carbocycles. The highest BCUT2D eigenvalue weighted by Crippen LogP contribution is 2.36. The highest BCUT2D eigenvalue weighted by Gasteiger charge is 2.45. The first kappa shape index (κ1) is 43.3. The molecule has 4 saturated heterocycles. The number of thioether (sulfide) groups is 2. The Balaban J connectivity index is 1.35. The highest BCUT2D eigenvalue weighted by molar-refractivity contribution is 8.00. The summed E-state index contributed by atoms with van der Waals surface area (Å²) < 4.78 is 10.6. The molecule has 16 heteroatoms. The number of benzene rings is 1. The maximum atomic E-state index is 14.2. The number of carbonyl (C=O) groups is 7. The SMILES string of the molecule is COC(=O)[C@@H]1CCC[C@@H]2SCC[C@H](NC(=O)[C@H](CC[C@H](Cc3ccccc3)C(=O)NC3CCS[C@H]4CCCC(C(=O)O)N4C3=O)CC(=O)OC(C)(C)C)C(=O)N21. The number of rotatable bonds is 13. The van der Waals surface area contributed by atoms with Crippen molar-refractivity contribution in [2.24, 2.45) is 11.8 Å². The minimum atomic E-state index is -1.06. The molecule has 8 atom stereocenters. The van der Waals surface area contributed by atoms with Crippen molar-refractivity contribution >= 4 is 65.1 Å². The van der Waals surface area contributed by atoms with Gasteiger partial charge in [-0.1, -0.05) is 30.3 Å². The van der Waals surface area contributed by atoms with Crippen LogP contribution in [0.2, 0.25) is 0 Å². The van der Waals surface area contributed by atoms with Gasteiger partial charge in [0.25, 0.3) is 0 Å². The van der Waals surface area contributed by atoms with Crippen LogP contribution < -0.4 is 10.6 Å². The number of methoxy groups -OCH3 is 1. The summed E-state index contributed by atoms with van der Waals surface area (Å²) in [5, 5.41) is 15.3. The van der Waals surface area contributed by atoms with Gasteiger partial charge < -0.3 is 35.0 Å². The number of hydrogen-bond donors (Lipinski definition) is 3. The Hall–Kier alpha value is -3.79. The number of piperidine rings is 2. The lowest BCUT2D eigenvalue weighted by Crippen LogP contribution is -2.58. The van der Waals surface area contributed by atoms with Gasteiger partial charge in [0.1, 0.15) is 29.8 Å². The second-order valence-corrected chi connectivity index (χ2v) is 18.6. The maximum absolute atomic E-state index is 14.2. The van der Waals surface area contributed by atoms with Crippen LogP contribution in [0.1, 0.15) is 97.0 Å². The average Bonchev–Trinajstić information content (AvgIpc) is 3.42. The third kappa shape index (κ3) is 11.2. The number of carbonyl (C=O) groups excluding carboxylic acids is 6. The summed E-state index contributed by atoms with van der Waals surface area (Å²) in [6, 6.07) is 5.81. The van der Waals surface area contributed by atoms with Gasteiger partial charge in [-0.25, -0.2) is 9.59 Å². The van der Waals surface area contributed by atoms with Crippen LogP contribution in [0.3, 0.4) is 0 Å². The van der Waals surface area contributed by atoms with E-state index in [2.05, 4.69) is 10.6 Å². The molecule has 0 saturated carbocycles. The predicted molar refractivity (Wildman–Crippen MR) is 211 cm³/mol. The minimum absolute atomic E-state index is 0.0898. The van der Waals surface area contributed by atoms with Crippen LogP contribution in [0.25, 0.3) is 0 Å². The molecule has 0 aliphatic carbocycles. The van der Waals surface area contributed by atoms with E-state index in [1.807, 2.05) is 30.3 Å². The summed E-state index contributed by atoms with van der Waals surface area (Å²) in [5.74, 6) is -4.40. The van der Waals surface area contributed by atoms with Gasteiger partial charge in [-0.15, -0.1) is 23.5 Å². The first-order valence-corrected chi connectivity index (χ1v) is 21.8. The Kier molecular flexibility index (Phi) is 15.1. The Morgan fingerprint density at radius 2 is 1.30 bits per heavy atom. The maximum Gasteiger partial charge on any atom is 0.328 e. The number of hydrogen-bond acceptors (Lipinski definition) is 11. The zero-order valence-corrected chi connectivity index (χ0v) is 34.4. The van der Waals surface area contributed by atoms with E-state index in [1.165, 1.54) is 23.8 Å². The van der Waals surface area contributed by atoms with E-state index in [0.717, 1.165) is 18.4 Å². The van der Waals surface area contributed by atoms with E-state index >= 15 is 0 Å². The fraction of sp³-hybridized carbons (Fsp3) is 0.675. The van der Waals surface area contributed by atoms with Gasteiger partial charge in [0.05, 0.1) is 24.3 Å². The Morgan fingerprint density at radius 3 is 1.84 bits per heavy atom. The molecule has 4 amide bonds. The van der Waals surface area contributed by atoms with Gasteiger partial charge >= 0.3 is 17.9 Å². The van der Waals surface area contributed by atoms with Crippen LogP contribution in [0.4, 0.5) is 0 Å². The number of fused-ring (bicyclic) bond motifs is 2. The number of aliphatic carboxylic acids is 1. The van der Waals surface area contributed by atoms with Crippen molar-refractivity contribution in [3.63, 3.8) is 0 Å².